The first kappa shape index (κ1) is 11.7. The first-order valence-corrected chi connectivity index (χ1v) is 6.46. The van der Waals surface area contributed by atoms with E-state index in [1.165, 1.54) is 0 Å². The molecule has 1 aliphatic rings. The maximum absolute atomic E-state index is 11.1. The highest BCUT2D eigenvalue weighted by molar-refractivity contribution is 7.85. The molecule has 1 aliphatic heterocycles. The molecule has 0 aliphatic carbocycles. The van der Waals surface area contributed by atoms with Crippen LogP contribution in [0, 0.1) is 0 Å². The molecule has 0 saturated carbocycles. The van der Waals surface area contributed by atoms with E-state index in [9.17, 15) is 9.00 Å². The van der Waals surface area contributed by atoms with Crippen LogP contribution in [0.15, 0.2) is 0 Å². The minimum atomic E-state index is -0.618. The third-order valence-electron chi connectivity index (χ3n) is 2.42. The van der Waals surface area contributed by atoms with Crippen molar-refractivity contribution in [2.75, 3.05) is 11.5 Å². The Labute approximate surface area is 87.1 Å². The number of hydrogen-bond acceptors (Lipinski definition) is 3. The smallest absolute Gasteiger partial charge is 0.218 e. The monoisotopic (exact) mass is 218 g/mol. The van der Waals surface area contributed by atoms with E-state index in [4.69, 9.17) is 5.73 Å². The van der Waals surface area contributed by atoms with Gasteiger partial charge in [0.2, 0.25) is 5.91 Å². The zero-order chi connectivity index (χ0) is 10.6. The van der Waals surface area contributed by atoms with E-state index in [0.29, 0.717) is 12.5 Å². The molecule has 4 nitrogen and oxygen atoms in total. The van der Waals surface area contributed by atoms with Gasteiger partial charge >= 0.3 is 0 Å². The number of hydrogen-bond donors (Lipinski definition) is 2. The zero-order valence-corrected chi connectivity index (χ0v) is 9.31. The molecule has 0 aromatic heterocycles. The van der Waals surface area contributed by atoms with Gasteiger partial charge in [-0.3, -0.25) is 9.00 Å². The molecule has 0 aromatic carbocycles. The van der Waals surface area contributed by atoms with Crippen LogP contribution in [0.3, 0.4) is 0 Å². The van der Waals surface area contributed by atoms with E-state index >= 15 is 0 Å². The molecule has 1 saturated heterocycles. The van der Waals surface area contributed by atoms with Crippen LogP contribution >= 0.6 is 0 Å². The molecule has 1 amide bonds. The number of carbonyl (C=O) groups excluding carboxylic acids is 1. The highest BCUT2D eigenvalue weighted by Crippen LogP contribution is 2.10. The Morgan fingerprint density at radius 3 is 2.64 bits per heavy atom. The van der Waals surface area contributed by atoms with Crippen LogP contribution in [0.25, 0.3) is 0 Å². The zero-order valence-electron chi connectivity index (χ0n) is 8.49. The van der Waals surface area contributed by atoms with Gasteiger partial charge in [-0.25, -0.2) is 0 Å². The van der Waals surface area contributed by atoms with Gasteiger partial charge in [0.25, 0.3) is 0 Å². The summed E-state index contributed by atoms with van der Waals surface area (Å²) in [6, 6.07) is 0.533. The molecule has 82 valence electrons. The van der Waals surface area contributed by atoms with E-state index in [1.54, 1.807) is 0 Å². The molecule has 14 heavy (non-hydrogen) atoms. The van der Waals surface area contributed by atoms with Crippen LogP contribution < -0.4 is 11.1 Å². The van der Waals surface area contributed by atoms with Crippen molar-refractivity contribution in [3.63, 3.8) is 0 Å². The Morgan fingerprint density at radius 1 is 1.57 bits per heavy atom. The maximum Gasteiger partial charge on any atom is 0.218 e. The lowest BCUT2D eigenvalue weighted by Gasteiger charge is -2.25. The van der Waals surface area contributed by atoms with E-state index in [2.05, 4.69) is 5.32 Å². The molecular formula is C9H18N2O2S. The number of nitrogens with two attached hydrogens (primary N) is 1. The lowest BCUT2D eigenvalue weighted by molar-refractivity contribution is -0.118. The first-order valence-electron chi connectivity index (χ1n) is 4.97. The van der Waals surface area contributed by atoms with Crippen LogP contribution in [0.1, 0.15) is 26.2 Å². The first-order chi connectivity index (χ1) is 6.58. The Hall–Kier alpha value is -0.420. The molecular weight excluding hydrogens is 200 g/mol. The average Bonchev–Trinajstić information content (AvgIpc) is 2.07. The second-order valence-electron chi connectivity index (χ2n) is 3.86. The normalized spacial score (nSPS) is 29.8. The van der Waals surface area contributed by atoms with E-state index in [-0.39, 0.29) is 11.9 Å². The van der Waals surface area contributed by atoms with Gasteiger partial charge in [-0.15, -0.1) is 0 Å². The van der Waals surface area contributed by atoms with Crippen LogP contribution in [0.5, 0.6) is 0 Å². The lowest BCUT2D eigenvalue weighted by Crippen LogP contribution is -2.42. The molecule has 0 aromatic rings. The third-order valence-corrected chi connectivity index (χ3v) is 3.80. The summed E-state index contributed by atoms with van der Waals surface area (Å²) in [6.07, 6.45) is 2.25. The maximum atomic E-state index is 11.1. The van der Waals surface area contributed by atoms with E-state index < -0.39 is 10.8 Å². The summed E-state index contributed by atoms with van der Waals surface area (Å²) in [7, 11) is -0.618. The summed E-state index contributed by atoms with van der Waals surface area (Å²) < 4.78 is 11.1. The highest BCUT2D eigenvalue weighted by Gasteiger charge is 2.19. The van der Waals surface area contributed by atoms with Gasteiger partial charge in [-0.05, 0) is 19.8 Å². The Balaban J connectivity index is 2.23. The van der Waals surface area contributed by atoms with Crippen molar-refractivity contribution in [2.24, 2.45) is 5.73 Å². The fraction of sp³-hybridized carbons (Fsp3) is 0.889. The van der Waals surface area contributed by atoms with Gasteiger partial charge in [0.05, 0.1) is 0 Å². The van der Waals surface area contributed by atoms with Crippen molar-refractivity contribution in [1.29, 1.82) is 0 Å². The van der Waals surface area contributed by atoms with Crippen LogP contribution in [-0.4, -0.2) is 33.7 Å². The molecule has 1 rings (SSSR count). The molecule has 1 unspecified atom stereocenters. The average molecular weight is 218 g/mol. The van der Waals surface area contributed by atoms with Gasteiger partial charge < -0.3 is 11.1 Å². The van der Waals surface area contributed by atoms with Crippen LogP contribution in [0.2, 0.25) is 0 Å². The summed E-state index contributed by atoms with van der Waals surface area (Å²) in [6.45, 7) is 1.95. The quantitative estimate of drug-likeness (QED) is 0.683. The summed E-state index contributed by atoms with van der Waals surface area (Å²) in [5, 5.41) is 3.34. The fourth-order valence-electron chi connectivity index (χ4n) is 1.72. The molecule has 1 atom stereocenters. The summed E-state index contributed by atoms with van der Waals surface area (Å²) >= 11 is 0. The van der Waals surface area contributed by atoms with Crippen molar-refractivity contribution in [3.05, 3.63) is 0 Å². The predicted octanol–water partition coefficient (Wildman–Crippen LogP) is -0.249. The second-order valence-corrected chi connectivity index (χ2v) is 5.56. The van der Waals surface area contributed by atoms with Gasteiger partial charge in [-0.2, -0.15) is 0 Å². The summed E-state index contributed by atoms with van der Waals surface area (Å²) in [4.78, 5) is 10.6. The van der Waals surface area contributed by atoms with Crippen LogP contribution in [-0.2, 0) is 15.6 Å². The van der Waals surface area contributed by atoms with Crippen molar-refractivity contribution in [1.82, 2.24) is 5.32 Å². The van der Waals surface area contributed by atoms with Crippen molar-refractivity contribution >= 4 is 16.7 Å². The summed E-state index contributed by atoms with van der Waals surface area (Å²) in [5.74, 6) is 1.28. The van der Waals surface area contributed by atoms with Crippen LogP contribution in [0.4, 0.5) is 0 Å². The van der Waals surface area contributed by atoms with E-state index in [1.807, 2.05) is 6.92 Å². The standard InChI is InChI=1S/C9H18N2O2S/c1-7(6-9(10)12)11-8-2-4-14(13)5-3-8/h7-8,11H,2-6H2,1H3,(H2,10,12). The minimum Gasteiger partial charge on any atom is -0.370 e. The lowest BCUT2D eigenvalue weighted by atomic mass is 10.1. The Kier molecular flexibility index (Phi) is 4.54. The summed E-state index contributed by atoms with van der Waals surface area (Å²) in [5.41, 5.74) is 5.09. The predicted molar refractivity (Wildman–Crippen MR) is 57.3 cm³/mol. The Bertz CT molecular complexity index is 223. The van der Waals surface area contributed by atoms with Gasteiger partial charge in [0.1, 0.15) is 0 Å². The molecule has 0 spiro atoms. The third kappa shape index (κ3) is 4.19. The second kappa shape index (κ2) is 5.46. The molecule has 0 radical (unpaired) electrons. The molecule has 0 bridgehead atoms. The van der Waals surface area contributed by atoms with Crippen molar-refractivity contribution in [3.8, 4) is 0 Å². The molecule has 1 heterocycles. The van der Waals surface area contributed by atoms with Crippen molar-refractivity contribution < 1.29 is 9.00 Å². The Morgan fingerprint density at radius 2 is 2.14 bits per heavy atom. The number of amides is 1. The topological polar surface area (TPSA) is 72.2 Å². The molecule has 1 fully saturated rings. The highest BCUT2D eigenvalue weighted by atomic mass is 32.2. The minimum absolute atomic E-state index is 0.129. The largest absolute Gasteiger partial charge is 0.370 e. The fourth-order valence-corrected chi connectivity index (χ4v) is 3.02. The molecule has 3 N–H and O–H groups in total. The van der Waals surface area contributed by atoms with Gasteiger partial charge in [0.15, 0.2) is 0 Å². The number of rotatable bonds is 4. The number of nitrogens with one attached hydrogen (secondary N) is 1. The SMILES string of the molecule is CC(CC(N)=O)NC1CCS(=O)CC1. The number of primary amides is 1. The number of carbonyl (C=O) groups is 1. The van der Waals surface area contributed by atoms with Crippen molar-refractivity contribution in [2.45, 2.75) is 38.3 Å². The molecule has 5 heteroatoms. The van der Waals surface area contributed by atoms with Gasteiger partial charge in [-0.1, -0.05) is 0 Å². The van der Waals surface area contributed by atoms with Gasteiger partial charge in [0, 0.05) is 40.8 Å². The van der Waals surface area contributed by atoms with E-state index in [0.717, 1.165) is 24.3 Å².